The smallest absolute Gasteiger partial charge is 0.241 e. The minimum atomic E-state index is -0.0108. The quantitative estimate of drug-likeness (QED) is 0.736. The van der Waals surface area contributed by atoms with Crippen molar-refractivity contribution in [3.8, 4) is 0 Å². The van der Waals surface area contributed by atoms with Gasteiger partial charge in [-0.25, -0.2) is 0 Å². The maximum atomic E-state index is 12.7. The molecule has 3 atom stereocenters. The van der Waals surface area contributed by atoms with Crippen LogP contribution >= 0.6 is 23.1 Å². The van der Waals surface area contributed by atoms with Crippen molar-refractivity contribution in [2.45, 2.75) is 58.3 Å². The van der Waals surface area contributed by atoms with Crippen LogP contribution < -0.4 is 5.32 Å². The third-order valence-electron chi connectivity index (χ3n) is 3.94. The Hall–Kier alpha value is -0.520. The van der Waals surface area contributed by atoms with Gasteiger partial charge in [0.25, 0.3) is 0 Å². The summed E-state index contributed by atoms with van der Waals surface area (Å²) in [5.41, 5.74) is 0. The van der Waals surface area contributed by atoms with E-state index in [1.807, 2.05) is 11.8 Å². The largest absolute Gasteiger partial charge is 0.318 e. The number of amides is 1. The van der Waals surface area contributed by atoms with Crippen LogP contribution in [0.3, 0.4) is 0 Å². The standard InChI is InChI=1S/C16H26N2OS2/c1-4-7-13-16(19)18(12(3)9-11-20-5-2)15(17-13)14-8-6-10-21-14/h6,8,10,12-13,15,17H,4-5,7,9,11H2,1-3H3. The van der Waals surface area contributed by atoms with Crippen LogP contribution in [-0.4, -0.2) is 34.4 Å². The minimum absolute atomic E-state index is 0.0108. The van der Waals surface area contributed by atoms with Crippen LogP contribution in [0.25, 0.3) is 0 Å². The van der Waals surface area contributed by atoms with Gasteiger partial charge in [-0.2, -0.15) is 11.8 Å². The Morgan fingerprint density at radius 3 is 2.90 bits per heavy atom. The molecule has 1 amide bonds. The average Bonchev–Trinajstić information content (AvgIpc) is 3.08. The van der Waals surface area contributed by atoms with E-state index < -0.39 is 0 Å². The Morgan fingerprint density at radius 2 is 2.29 bits per heavy atom. The molecule has 2 heterocycles. The van der Waals surface area contributed by atoms with Crippen molar-refractivity contribution in [2.75, 3.05) is 11.5 Å². The van der Waals surface area contributed by atoms with E-state index in [4.69, 9.17) is 0 Å². The van der Waals surface area contributed by atoms with Gasteiger partial charge < -0.3 is 4.90 Å². The molecular weight excluding hydrogens is 300 g/mol. The zero-order valence-corrected chi connectivity index (χ0v) is 14.8. The molecule has 0 radical (unpaired) electrons. The molecular formula is C16H26N2OS2. The summed E-state index contributed by atoms with van der Waals surface area (Å²) in [6.45, 7) is 6.51. The van der Waals surface area contributed by atoms with Crippen LogP contribution in [0.15, 0.2) is 17.5 Å². The van der Waals surface area contributed by atoms with Gasteiger partial charge in [-0.15, -0.1) is 11.3 Å². The maximum Gasteiger partial charge on any atom is 0.241 e. The Kier molecular flexibility index (Phi) is 6.58. The lowest BCUT2D eigenvalue weighted by Gasteiger charge is -2.30. The molecule has 21 heavy (non-hydrogen) atoms. The lowest BCUT2D eigenvalue weighted by Crippen LogP contribution is -2.38. The van der Waals surface area contributed by atoms with Crippen LogP contribution in [0.5, 0.6) is 0 Å². The van der Waals surface area contributed by atoms with E-state index in [1.54, 1.807) is 11.3 Å². The fourth-order valence-electron chi connectivity index (χ4n) is 2.82. The molecule has 0 spiro atoms. The van der Waals surface area contributed by atoms with E-state index in [1.165, 1.54) is 4.88 Å². The Bertz CT molecular complexity index is 435. The molecule has 3 nitrogen and oxygen atoms in total. The molecule has 0 saturated carbocycles. The molecule has 1 saturated heterocycles. The minimum Gasteiger partial charge on any atom is -0.318 e. The van der Waals surface area contributed by atoms with E-state index >= 15 is 0 Å². The summed E-state index contributed by atoms with van der Waals surface area (Å²) < 4.78 is 0. The first kappa shape index (κ1) is 16.8. The van der Waals surface area contributed by atoms with Gasteiger partial charge in [-0.3, -0.25) is 10.1 Å². The van der Waals surface area contributed by atoms with Crippen molar-refractivity contribution in [1.29, 1.82) is 0 Å². The summed E-state index contributed by atoms with van der Waals surface area (Å²) in [5.74, 6) is 2.55. The van der Waals surface area contributed by atoms with Crippen LogP contribution in [0.1, 0.15) is 51.1 Å². The van der Waals surface area contributed by atoms with Gasteiger partial charge in [0.15, 0.2) is 0 Å². The predicted molar refractivity (Wildman–Crippen MR) is 92.8 cm³/mol. The number of carbonyl (C=O) groups excluding carboxylic acids is 1. The van der Waals surface area contributed by atoms with Gasteiger partial charge in [0.2, 0.25) is 5.91 Å². The second kappa shape index (κ2) is 8.20. The molecule has 1 aliphatic rings. The highest BCUT2D eigenvalue weighted by Crippen LogP contribution is 2.32. The lowest BCUT2D eigenvalue weighted by atomic mass is 10.1. The third-order valence-corrected chi connectivity index (χ3v) is 5.80. The first-order valence-corrected chi connectivity index (χ1v) is 9.91. The van der Waals surface area contributed by atoms with Crippen LogP contribution in [-0.2, 0) is 4.79 Å². The van der Waals surface area contributed by atoms with Crippen LogP contribution in [0.4, 0.5) is 0 Å². The van der Waals surface area contributed by atoms with Crippen molar-refractivity contribution in [2.24, 2.45) is 0 Å². The first-order chi connectivity index (χ1) is 10.2. The summed E-state index contributed by atoms with van der Waals surface area (Å²) in [7, 11) is 0. The van der Waals surface area contributed by atoms with E-state index in [9.17, 15) is 4.79 Å². The predicted octanol–water partition coefficient (Wildman–Crippen LogP) is 3.88. The number of carbonyl (C=O) groups is 1. The van der Waals surface area contributed by atoms with Gasteiger partial charge in [-0.1, -0.05) is 26.3 Å². The van der Waals surface area contributed by atoms with E-state index in [2.05, 4.69) is 48.5 Å². The first-order valence-electron chi connectivity index (χ1n) is 7.88. The van der Waals surface area contributed by atoms with E-state index in [0.29, 0.717) is 0 Å². The Morgan fingerprint density at radius 1 is 1.48 bits per heavy atom. The van der Waals surface area contributed by atoms with Crippen molar-refractivity contribution in [1.82, 2.24) is 10.2 Å². The molecule has 1 N–H and O–H groups in total. The topological polar surface area (TPSA) is 32.3 Å². The number of thiophene rings is 1. The molecule has 1 aliphatic heterocycles. The summed E-state index contributed by atoms with van der Waals surface area (Å²) in [4.78, 5) is 16.1. The number of rotatable bonds is 8. The third kappa shape index (κ3) is 4.02. The molecule has 0 aliphatic carbocycles. The van der Waals surface area contributed by atoms with E-state index in [-0.39, 0.29) is 24.2 Å². The number of thioether (sulfide) groups is 1. The molecule has 0 aromatic carbocycles. The summed E-state index contributed by atoms with van der Waals surface area (Å²) in [5, 5.41) is 5.63. The summed E-state index contributed by atoms with van der Waals surface area (Å²) in [6, 6.07) is 4.47. The molecule has 1 aromatic heterocycles. The van der Waals surface area contributed by atoms with E-state index in [0.717, 1.165) is 30.8 Å². The zero-order valence-electron chi connectivity index (χ0n) is 13.2. The van der Waals surface area contributed by atoms with Crippen molar-refractivity contribution in [3.05, 3.63) is 22.4 Å². The van der Waals surface area contributed by atoms with Gasteiger partial charge >= 0.3 is 0 Å². The van der Waals surface area contributed by atoms with Crippen molar-refractivity contribution in [3.63, 3.8) is 0 Å². The van der Waals surface area contributed by atoms with Gasteiger partial charge in [0.05, 0.1) is 6.04 Å². The highest BCUT2D eigenvalue weighted by molar-refractivity contribution is 7.99. The summed E-state index contributed by atoms with van der Waals surface area (Å²) in [6.07, 6.45) is 3.09. The highest BCUT2D eigenvalue weighted by Gasteiger charge is 2.41. The second-order valence-corrected chi connectivity index (χ2v) is 7.88. The highest BCUT2D eigenvalue weighted by atomic mass is 32.2. The van der Waals surface area contributed by atoms with Gasteiger partial charge in [0.1, 0.15) is 6.17 Å². The maximum absolute atomic E-state index is 12.7. The molecule has 2 rings (SSSR count). The van der Waals surface area contributed by atoms with Crippen molar-refractivity contribution >= 4 is 29.0 Å². The molecule has 5 heteroatoms. The molecule has 1 aromatic rings. The molecule has 3 unspecified atom stereocenters. The number of hydrogen-bond acceptors (Lipinski definition) is 4. The van der Waals surface area contributed by atoms with Gasteiger partial charge in [-0.05, 0) is 42.7 Å². The monoisotopic (exact) mass is 326 g/mol. The fourth-order valence-corrected chi connectivity index (χ4v) is 4.40. The SMILES string of the molecule is CCCC1NC(c2cccs2)N(C(C)CCSCC)C1=O. The Labute approximate surface area is 136 Å². The lowest BCUT2D eigenvalue weighted by molar-refractivity contribution is -0.132. The summed E-state index contributed by atoms with van der Waals surface area (Å²) >= 11 is 3.68. The number of nitrogens with zero attached hydrogens (tertiary/aromatic N) is 1. The second-order valence-electron chi connectivity index (χ2n) is 5.51. The molecule has 118 valence electrons. The number of nitrogens with one attached hydrogen (secondary N) is 1. The average molecular weight is 327 g/mol. The van der Waals surface area contributed by atoms with Gasteiger partial charge in [0, 0.05) is 10.9 Å². The van der Waals surface area contributed by atoms with Crippen LogP contribution in [0.2, 0.25) is 0 Å². The molecule has 0 bridgehead atoms. The van der Waals surface area contributed by atoms with Crippen molar-refractivity contribution < 1.29 is 4.79 Å². The van der Waals surface area contributed by atoms with Crippen LogP contribution in [0, 0.1) is 0 Å². The normalized spacial score (nSPS) is 23.8. The number of hydrogen-bond donors (Lipinski definition) is 1. The zero-order chi connectivity index (χ0) is 15.2. The molecule has 1 fully saturated rings. The Balaban J connectivity index is 2.10. The fraction of sp³-hybridized carbons (Fsp3) is 0.688.